The van der Waals surface area contributed by atoms with E-state index in [2.05, 4.69) is 0 Å². The summed E-state index contributed by atoms with van der Waals surface area (Å²) in [4.78, 5) is 0. The topological polar surface area (TPSA) is 35.2 Å². The lowest BCUT2D eigenvalue weighted by Crippen LogP contribution is -2.08. The maximum atomic E-state index is 13.2. The predicted molar refractivity (Wildman–Crippen MR) is 79.5 cm³/mol. The number of halogens is 2. The fourth-order valence-corrected chi connectivity index (χ4v) is 2.14. The van der Waals surface area contributed by atoms with Crippen molar-refractivity contribution in [3.05, 3.63) is 63.9 Å². The molecule has 0 bridgehead atoms. The van der Waals surface area contributed by atoms with Crippen molar-refractivity contribution >= 4 is 11.6 Å². The van der Waals surface area contributed by atoms with Crippen LogP contribution >= 0.6 is 11.6 Å². The van der Waals surface area contributed by atoms with E-state index in [0.717, 1.165) is 11.1 Å². The monoisotopic (exact) mass is 293 g/mol. The van der Waals surface area contributed by atoms with E-state index in [1.54, 1.807) is 0 Å². The maximum absolute atomic E-state index is 13.2. The van der Waals surface area contributed by atoms with Crippen LogP contribution in [-0.2, 0) is 6.61 Å². The standard InChI is InChI=1S/C16H17ClFNO/c1-10-3-6-16(14(7-10)11(2)19)20-9-12-8-13(18)4-5-15(12)17/h3-8,11H,9,19H2,1-2H3. The van der Waals surface area contributed by atoms with E-state index in [4.69, 9.17) is 22.1 Å². The zero-order valence-corrected chi connectivity index (χ0v) is 12.2. The third-order valence-corrected chi connectivity index (χ3v) is 3.42. The highest BCUT2D eigenvalue weighted by molar-refractivity contribution is 6.31. The van der Waals surface area contributed by atoms with Crippen molar-refractivity contribution in [3.8, 4) is 5.75 Å². The van der Waals surface area contributed by atoms with Gasteiger partial charge in [0, 0.05) is 22.2 Å². The quantitative estimate of drug-likeness (QED) is 0.907. The molecule has 0 fully saturated rings. The van der Waals surface area contributed by atoms with Gasteiger partial charge in [0.1, 0.15) is 18.2 Å². The summed E-state index contributed by atoms with van der Waals surface area (Å²) >= 11 is 6.02. The average molecular weight is 294 g/mol. The SMILES string of the molecule is Cc1ccc(OCc2cc(F)ccc2Cl)c(C(C)N)c1. The summed E-state index contributed by atoms with van der Waals surface area (Å²) in [6.45, 7) is 4.11. The van der Waals surface area contributed by atoms with E-state index in [-0.39, 0.29) is 18.5 Å². The van der Waals surface area contributed by atoms with E-state index in [0.29, 0.717) is 16.3 Å². The molecule has 0 aliphatic carbocycles. The molecule has 0 saturated heterocycles. The maximum Gasteiger partial charge on any atom is 0.124 e. The summed E-state index contributed by atoms with van der Waals surface area (Å²) in [6, 6.07) is 9.92. The Morgan fingerprint density at radius 1 is 1.25 bits per heavy atom. The fraction of sp³-hybridized carbons (Fsp3) is 0.250. The predicted octanol–water partition coefficient (Wildman–Crippen LogP) is 4.39. The molecule has 2 N–H and O–H groups in total. The first-order valence-electron chi connectivity index (χ1n) is 6.40. The molecule has 2 aromatic rings. The molecule has 0 saturated carbocycles. The van der Waals surface area contributed by atoms with Gasteiger partial charge in [-0.1, -0.05) is 29.3 Å². The number of hydrogen-bond acceptors (Lipinski definition) is 2. The lowest BCUT2D eigenvalue weighted by Gasteiger charge is -2.15. The van der Waals surface area contributed by atoms with Gasteiger partial charge in [0.05, 0.1) is 0 Å². The van der Waals surface area contributed by atoms with Crippen molar-refractivity contribution in [2.45, 2.75) is 26.5 Å². The van der Waals surface area contributed by atoms with E-state index < -0.39 is 0 Å². The third-order valence-electron chi connectivity index (χ3n) is 3.05. The highest BCUT2D eigenvalue weighted by Gasteiger charge is 2.10. The second-order valence-electron chi connectivity index (χ2n) is 4.85. The minimum absolute atomic E-state index is 0.132. The van der Waals surface area contributed by atoms with Crippen LogP contribution in [0.15, 0.2) is 36.4 Å². The highest BCUT2D eigenvalue weighted by Crippen LogP contribution is 2.27. The van der Waals surface area contributed by atoms with Crippen molar-refractivity contribution in [1.82, 2.24) is 0 Å². The fourth-order valence-electron chi connectivity index (χ4n) is 1.96. The number of hydrogen-bond donors (Lipinski definition) is 1. The van der Waals surface area contributed by atoms with Gasteiger partial charge in [0.2, 0.25) is 0 Å². The van der Waals surface area contributed by atoms with E-state index in [1.807, 2.05) is 32.0 Å². The molecule has 0 aliphatic heterocycles. The second-order valence-corrected chi connectivity index (χ2v) is 5.26. The summed E-state index contributed by atoms with van der Waals surface area (Å²) in [5.41, 5.74) is 8.60. The molecule has 0 aliphatic rings. The van der Waals surface area contributed by atoms with E-state index in [1.165, 1.54) is 18.2 Å². The minimum Gasteiger partial charge on any atom is -0.489 e. The second kappa shape index (κ2) is 6.25. The van der Waals surface area contributed by atoms with Gasteiger partial charge in [-0.05, 0) is 38.1 Å². The molecule has 0 radical (unpaired) electrons. The number of ether oxygens (including phenoxy) is 1. The summed E-state index contributed by atoms with van der Waals surface area (Å²) in [7, 11) is 0. The molecule has 0 spiro atoms. The Balaban J connectivity index is 2.20. The minimum atomic E-state index is -0.329. The van der Waals surface area contributed by atoms with Gasteiger partial charge in [-0.2, -0.15) is 0 Å². The summed E-state index contributed by atoms with van der Waals surface area (Å²) in [5.74, 6) is 0.371. The van der Waals surface area contributed by atoms with Crippen molar-refractivity contribution in [3.63, 3.8) is 0 Å². The van der Waals surface area contributed by atoms with Crippen LogP contribution in [0.3, 0.4) is 0 Å². The van der Waals surface area contributed by atoms with Crippen LogP contribution < -0.4 is 10.5 Å². The number of benzene rings is 2. The van der Waals surface area contributed by atoms with Crippen LogP contribution in [0.4, 0.5) is 4.39 Å². The van der Waals surface area contributed by atoms with Crippen molar-refractivity contribution in [2.24, 2.45) is 5.73 Å². The molecule has 0 aromatic heterocycles. The molecular weight excluding hydrogens is 277 g/mol. The molecule has 0 amide bonds. The Morgan fingerprint density at radius 3 is 2.70 bits per heavy atom. The van der Waals surface area contributed by atoms with E-state index >= 15 is 0 Å². The lowest BCUT2D eigenvalue weighted by molar-refractivity contribution is 0.301. The smallest absolute Gasteiger partial charge is 0.124 e. The molecule has 2 nitrogen and oxygen atoms in total. The first-order valence-corrected chi connectivity index (χ1v) is 6.78. The van der Waals surface area contributed by atoms with Gasteiger partial charge < -0.3 is 10.5 Å². The average Bonchev–Trinajstić information content (AvgIpc) is 2.40. The van der Waals surface area contributed by atoms with Crippen LogP contribution in [0.2, 0.25) is 5.02 Å². The largest absolute Gasteiger partial charge is 0.489 e. The van der Waals surface area contributed by atoms with Crippen molar-refractivity contribution in [2.75, 3.05) is 0 Å². The summed E-state index contributed by atoms with van der Waals surface area (Å²) in [6.07, 6.45) is 0. The van der Waals surface area contributed by atoms with Crippen molar-refractivity contribution in [1.29, 1.82) is 0 Å². The third kappa shape index (κ3) is 3.50. The van der Waals surface area contributed by atoms with E-state index in [9.17, 15) is 4.39 Å². The summed E-state index contributed by atoms with van der Waals surface area (Å²) < 4.78 is 18.9. The molecule has 0 heterocycles. The molecule has 106 valence electrons. The molecule has 1 unspecified atom stereocenters. The molecule has 20 heavy (non-hydrogen) atoms. The molecule has 1 atom stereocenters. The van der Waals surface area contributed by atoms with Gasteiger partial charge in [0.25, 0.3) is 0 Å². The van der Waals surface area contributed by atoms with Gasteiger partial charge in [0.15, 0.2) is 0 Å². The Bertz CT molecular complexity index is 613. The van der Waals surface area contributed by atoms with Crippen LogP contribution in [-0.4, -0.2) is 0 Å². The molecular formula is C16H17ClFNO. The molecule has 4 heteroatoms. The first-order chi connectivity index (χ1) is 9.47. The van der Waals surface area contributed by atoms with Gasteiger partial charge in [-0.15, -0.1) is 0 Å². The first kappa shape index (κ1) is 14.8. The Hall–Kier alpha value is -1.58. The number of aryl methyl sites for hydroxylation is 1. The molecule has 2 rings (SSSR count). The Labute approximate surface area is 123 Å². The zero-order valence-electron chi connectivity index (χ0n) is 11.5. The van der Waals surface area contributed by atoms with Crippen LogP contribution in [0.1, 0.15) is 29.7 Å². The zero-order chi connectivity index (χ0) is 14.7. The van der Waals surface area contributed by atoms with Gasteiger partial charge in [-0.3, -0.25) is 0 Å². The normalized spacial score (nSPS) is 12.2. The van der Waals surface area contributed by atoms with Crippen molar-refractivity contribution < 1.29 is 9.13 Å². The van der Waals surface area contributed by atoms with Crippen LogP contribution in [0.5, 0.6) is 5.75 Å². The van der Waals surface area contributed by atoms with Gasteiger partial charge in [-0.25, -0.2) is 4.39 Å². The highest BCUT2D eigenvalue weighted by atomic mass is 35.5. The Morgan fingerprint density at radius 2 is 2.00 bits per heavy atom. The van der Waals surface area contributed by atoms with Crippen LogP contribution in [0, 0.1) is 12.7 Å². The Kier molecular flexibility index (Phi) is 4.63. The van der Waals surface area contributed by atoms with Gasteiger partial charge >= 0.3 is 0 Å². The summed E-state index contributed by atoms with van der Waals surface area (Å²) in [5, 5.41) is 0.487. The molecule has 2 aromatic carbocycles. The lowest BCUT2D eigenvalue weighted by atomic mass is 10.1. The number of rotatable bonds is 4. The number of nitrogens with two attached hydrogens (primary N) is 1. The van der Waals surface area contributed by atoms with Crippen LogP contribution in [0.25, 0.3) is 0 Å².